The molecule has 90 valence electrons. The van der Waals surface area contributed by atoms with Crippen molar-refractivity contribution in [3.63, 3.8) is 0 Å². The molecule has 0 heterocycles. The predicted octanol–water partition coefficient (Wildman–Crippen LogP) is 2.21. The third-order valence-corrected chi connectivity index (χ3v) is 2.84. The van der Waals surface area contributed by atoms with Crippen molar-refractivity contribution in [2.75, 3.05) is 19.7 Å². The standard InChI is InChI=1S/C14H23NO/c1-12-5-6-13(2)14(11-12)7-9-15-8-3-4-10-16/h5-6,11,15-16H,3-4,7-10H2,1-2H3. The summed E-state index contributed by atoms with van der Waals surface area (Å²) >= 11 is 0. The summed E-state index contributed by atoms with van der Waals surface area (Å²) in [5.41, 5.74) is 4.15. The summed E-state index contributed by atoms with van der Waals surface area (Å²) in [5.74, 6) is 0. The largest absolute Gasteiger partial charge is 0.396 e. The van der Waals surface area contributed by atoms with Crippen molar-refractivity contribution in [2.45, 2.75) is 33.1 Å². The molecule has 0 radical (unpaired) electrons. The fraction of sp³-hybridized carbons (Fsp3) is 0.571. The Kier molecular flexibility index (Phi) is 6.12. The number of aliphatic hydroxyl groups excluding tert-OH is 1. The molecule has 2 heteroatoms. The first-order valence-electron chi connectivity index (χ1n) is 6.11. The number of nitrogens with one attached hydrogen (secondary N) is 1. The lowest BCUT2D eigenvalue weighted by atomic mass is 10.0. The van der Waals surface area contributed by atoms with E-state index in [-0.39, 0.29) is 0 Å². The van der Waals surface area contributed by atoms with Crippen LogP contribution in [0.1, 0.15) is 29.5 Å². The zero-order valence-corrected chi connectivity index (χ0v) is 10.4. The SMILES string of the molecule is Cc1ccc(C)c(CCNCCCCO)c1. The van der Waals surface area contributed by atoms with Gasteiger partial charge in [0.05, 0.1) is 0 Å². The molecule has 0 aliphatic carbocycles. The lowest BCUT2D eigenvalue weighted by Gasteiger charge is -2.08. The smallest absolute Gasteiger partial charge is 0.0431 e. The third kappa shape index (κ3) is 4.77. The molecule has 0 aromatic heterocycles. The van der Waals surface area contributed by atoms with Gasteiger partial charge in [-0.1, -0.05) is 23.8 Å². The molecule has 16 heavy (non-hydrogen) atoms. The summed E-state index contributed by atoms with van der Waals surface area (Å²) in [6, 6.07) is 6.62. The van der Waals surface area contributed by atoms with Gasteiger partial charge >= 0.3 is 0 Å². The Hall–Kier alpha value is -0.860. The number of aryl methyl sites for hydroxylation is 2. The number of unbranched alkanes of at least 4 members (excludes halogenated alkanes) is 1. The van der Waals surface area contributed by atoms with Gasteiger partial charge in [0, 0.05) is 6.61 Å². The first-order valence-corrected chi connectivity index (χ1v) is 6.11. The fourth-order valence-electron chi connectivity index (χ4n) is 1.78. The summed E-state index contributed by atoms with van der Waals surface area (Å²) in [6.07, 6.45) is 3.05. The van der Waals surface area contributed by atoms with Gasteiger partial charge in [-0.15, -0.1) is 0 Å². The Morgan fingerprint density at radius 2 is 1.94 bits per heavy atom. The molecule has 1 aromatic carbocycles. The van der Waals surface area contributed by atoms with Crippen LogP contribution in [0.3, 0.4) is 0 Å². The minimum atomic E-state index is 0.304. The van der Waals surface area contributed by atoms with Gasteiger partial charge in [0.1, 0.15) is 0 Å². The van der Waals surface area contributed by atoms with E-state index < -0.39 is 0 Å². The molecule has 0 fully saturated rings. The fourth-order valence-corrected chi connectivity index (χ4v) is 1.78. The molecule has 0 bridgehead atoms. The van der Waals surface area contributed by atoms with Gasteiger partial charge < -0.3 is 10.4 Å². The molecule has 0 atom stereocenters. The summed E-state index contributed by atoms with van der Waals surface area (Å²) in [4.78, 5) is 0. The van der Waals surface area contributed by atoms with Crippen LogP contribution in [0.5, 0.6) is 0 Å². The number of benzene rings is 1. The Morgan fingerprint density at radius 3 is 2.69 bits per heavy atom. The van der Waals surface area contributed by atoms with Crippen molar-refractivity contribution < 1.29 is 5.11 Å². The molecule has 2 nitrogen and oxygen atoms in total. The lowest BCUT2D eigenvalue weighted by Crippen LogP contribution is -2.19. The minimum Gasteiger partial charge on any atom is -0.396 e. The van der Waals surface area contributed by atoms with Crippen molar-refractivity contribution in [2.24, 2.45) is 0 Å². The summed E-state index contributed by atoms with van der Waals surface area (Å²) in [5, 5.41) is 12.0. The number of aliphatic hydroxyl groups is 1. The molecule has 1 aromatic rings. The average molecular weight is 221 g/mol. The van der Waals surface area contributed by atoms with Gasteiger partial charge in [-0.3, -0.25) is 0 Å². The monoisotopic (exact) mass is 221 g/mol. The van der Waals surface area contributed by atoms with Gasteiger partial charge in [0.25, 0.3) is 0 Å². The van der Waals surface area contributed by atoms with E-state index in [4.69, 9.17) is 5.11 Å². The zero-order valence-electron chi connectivity index (χ0n) is 10.4. The van der Waals surface area contributed by atoms with Gasteiger partial charge in [0.15, 0.2) is 0 Å². The second-order valence-corrected chi connectivity index (χ2v) is 4.36. The normalized spacial score (nSPS) is 10.7. The van der Waals surface area contributed by atoms with Crippen LogP contribution < -0.4 is 5.32 Å². The second kappa shape index (κ2) is 7.42. The van der Waals surface area contributed by atoms with Crippen molar-refractivity contribution in [1.82, 2.24) is 5.32 Å². The lowest BCUT2D eigenvalue weighted by molar-refractivity contribution is 0.284. The maximum Gasteiger partial charge on any atom is 0.0431 e. The highest BCUT2D eigenvalue weighted by molar-refractivity contribution is 5.30. The number of hydrogen-bond donors (Lipinski definition) is 2. The van der Waals surface area contributed by atoms with Crippen LogP contribution in [-0.2, 0) is 6.42 Å². The van der Waals surface area contributed by atoms with E-state index in [0.717, 1.165) is 32.4 Å². The maximum atomic E-state index is 8.64. The van der Waals surface area contributed by atoms with Crippen LogP contribution in [0, 0.1) is 13.8 Å². The third-order valence-electron chi connectivity index (χ3n) is 2.84. The highest BCUT2D eigenvalue weighted by Crippen LogP contribution is 2.10. The predicted molar refractivity (Wildman–Crippen MR) is 68.8 cm³/mol. The topological polar surface area (TPSA) is 32.3 Å². The molecule has 0 spiro atoms. The van der Waals surface area contributed by atoms with E-state index in [0.29, 0.717) is 6.61 Å². The van der Waals surface area contributed by atoms with Crippen LogP contribution in [0.25, 0.3) is 0 Å². The molecule has 0 saturated heterocycles. The van der Waals surface area contributed by atoms with Crippen molar-refractivity contribution in [3.8, 4) is 0 Å². The summed E-state index contributed by atoms with van der Waals surface area (Å²) in [7, 11) is 0. The van der Waals surface area contributed by atoms with Crippen LogP contribution in [0.15, 0.2) is 18.2 Å². The van der Waals surface area contributed by atoms with Crippen molar-refractivity contribution in [1.29, 1.82) is 0 Å². The van der Waals surface area contributed by atoms with E-state index in [9.17, 15) is 0 Å². The van der Waals surface area contributed by atoms with E-state index >= 15 is 0 Å². The molecule has 0 aliphatic heterocycles. The molecule has 0 saturated carbocycles. The van der Waals surface area contributed by atoms with Crippen molar-refractivity contribution >= 4 is 0 Å². The van der Waals surface area contributed by atoms with Crippen LogP contribution >= 0.6 is 0 Å². The molecule has 0 unspecified atom stereocenters. The van der Waals surface area contributed by atoms with Gasteiger partial charge in [-0.2, -0.15) is 0 Å². The van der Waals surface area contributed by atoms with Crippen LogP contribution in [-0.4, -0.2) is 24.8 Å². The first-order chi connectivity index (χ1) is 7.74. The zero-order chi connectivity index (χ0) is 11.8. The first kappa shape index (κ1) is 13.2. The van der Waals surface area contributed by atoms with Gasteiger partial charge in [0.2, 0.25) is 0 Å². The van der Waals surface area contributed by atoms with E-state index in [2.05, 4.69) is 37.4 Å². The Bertz CT molecular complexity index is 310. The summed E-state index contributed by atoms with van der Waals surface area (Å²) < 4.78 is 0. The highest BCUT2D eigenvalue weighted by Gasteiger charge is 1.98. The van der Waals surface area contributed by atoms with Crippen LogP contribution in [0.4, 0.5) is 0 Å². The van der Waals surface area contributed by atoms with E-state index in [1.54, 1.807) is 0 Å². The number of rotatable bonds is 7. The van der Waals surface area contributed by atoms with Crippen molar-refractivity contribution in [3.05, 3.63) is 34.9 Å². The average Bonchev–Trinajstić information content (AvgIpc) is 2.28. The molecular weight excluding hydrogens is 198 g/mol. The molecule has 2 N–H and O–H groups in total. The van der Waals surface area contributed by atoms with Gasteiger partial charge in [-0.05, 0) is 57.3 Å². The minimum absolute atomic E-state index is 0.304. The maximum absolute atomic E-state index is 8.64. The molecular formula is C14H23NO. The molecule has 1 rings (SSSR count). The van der Waals surface area contributed by atoms with Crippen LogP contribution in [0.2, 0.25) is 0 Å². The summed E-state index contributed by atoms with van der Waals surface area (Å²) in [6.45, 7) is 6.64. The Morgan fingerprint density at radius 1 is 1.12 bits per heavy atom. The second-order valence-electron chi connectivity index (χ2n) is 4.36. The quantitative estimate of drug-likeness (QED) is 0.692. The number of hydrogen-bond acceptors (Lipinski definition) is 2. The van der Waals surface area contributed by atoms with Gasteiger partial charge in [-0.25, -0.2) is 0 Å². The Balaban J connectivity index is 2.23. The molecule has 0 aliphatic rings. The Labute approximate surface area is 98.7 Å². The molecule has 0 amide bonds. The van der Waals surface area contributed by atoms with E-state index in [1.165, 1.54) is 16.7 Å². The van der Waals surface area contributed by atoms with E-state index in [1.807, 2.05) is 0 Å². The highest BCUT2D eigenvalue weighted by atomic mass is 16.2.